The van der Waals surface area contributed by atoms with Crippen molar-refractivity contribution in [3.63, 3.8) is 0 Å². The Bertz CT molecular complexity index is 150. The molecule has 1 aliphatic heterocycles. The molecule has 2 heteroatoms. The molecule has 1 aliphatic rings. The molecule has 0 aromatic heterocycles. The van der Waals surface area contributed by atoms with Crippen LogP contribution in [0.3, 0.4) is 0 Å². The van der Waals surface area contributed by atoms with Crippen molar-refractivity contribution in [2.24, 2.45) is 16.1 Å². The molecule has 64 valence electrons. The molecule has 0 saturated carbocycles. The van der Waals surface area contributed by atoms with Crippen LogP contribution in [0.1, 0.15) is 41.0 Å². The van der Waals surface area contributed by atoms with Gasteiger partial charge in [-0.2, -0.15) is 10.2 Å². The molecular formula is C9H18N2. The van der Waals surface area contributed by atoms with Crippen molar-refractivity contribution in [3.05, 3.63) is 0 Å². The van der Waals surface area contributed by atoms with Crippen LogP contribution in [-0.2, 0) is 0 Å². The van der Waals surface area contributed by atoms with Crippen molar-refractivity contribution in [1.82, 2.24) is 0 Å². The van der Waals surface area contributed by atoms with E-state index < -0.39 is 0 Å². The summed E-state index contributed by atoms with van der Waals surface area (Å²) in [5.41, 5.74) is 2.32. The molecule has 0 amide bonds. The van der Waals surface area contributed by atoms with Gasteiger partial charge >= 0.3 is 0 Å². The second-order valence-corrected chi connectivity index (χ2v) is 2.44. The lowest BCUT2D eigenvalue weighted by Gasteiger charge is -2.04. The maximum atomic E-state index is 3.97. The first-order chi connectivity index (χ1) is 5.25. The predicted octanol–water partition coefficient (Wildman–Crippen LogP) is 2.89. The molecule has 0 aromatic carbocycles. The summed E-state index contributed by atoms with van der Waals surface area (Å²) in [6, 6.07) is 0. The molecule has 0 saturated heterocycles. The molecule has 0 radical (unpaired) electrons. The molecule has 1 heterocycles. The Morgan fingerprint density at radius 3 is 1.64 bits per heavy atom. The van der Waals surface area contributed by atoms with Crippen LogP contribution in [0.5, 0.6) is 0 Å². The van der Waals surface area contributed by atoms with Crippen LogP contribution < -0.4 is 0 Å². The second kappa shape index (κ2) is 5.05. The van der Waals surface area contributed by atoms with E-state index in [4.69, 9.17) is 0 Å². The van der Waals surface area contributed by atoms with Gasteiger partial charge in [-0.05, 0) is 20.3 Å². The summed E-state index contributed by atoms with van der Waals surface area (Å²) in [5.74, 6) is 0.532. The maximum absolute atomic E-state index is 3.97. The number of hydrogen-bond acceptors (Lipinski definition) is 2. The summed E-state index contributed by atoms with van der Waals surface area (Å²) in [7, 11) is 0. The monoisotopic (exact) mass is 154 g/mol. The predicted molar refractivity (Wildman–Crippen MR) is 51.3 cm³/mol. The molecule has 0 spiro atoms. The third-order valence-electron chi connectivity index (χ3n) is 1.78. The Hall–Kier alpha value is -0.660. The van der Waals surface area contributed by atoms with Gasteiger partial charge < -0.3 is 0 Å². The van der Waals surface area contributed by atoms with Crippen LogP contribution in [0.2, 0.25) is 0 Å². The molecule has 0 unspecified atom stereocenters. The van der Waals surface area contributed by atoms with E-state index in [1.165, 1.54) is 0 Å². The van der Waals surface area contributed by atoms with E-state index in [9.17, 15) is 0 Å². The van der Waals surface area contributed by atoms with Crippen LogP contribution in [0.15, 0.2) is 10.2 Å². The van der Waals surface area contributed by atoms with E-state index in [1.54, 1.807) is 0 Å². The van der Waals surface area contributed by atoms with Crippen molar-refractivity contribution in [3.8, 4) is 0 Å². The molecule has 0 atom stereocenters. The SMILES string of the molecule is CC.CCC1C(C)=NN=C1C. The van der Waals surface area contributed by atoms with Gasteiger partial charge in [0.1, 0.15) is 0 Å². The topological polar surface area (TPSA) is 24.7 Å². The van der Waals surface area contributed by atoms with Gasteiger partial charge in [0.05, 0.1) is 0 Å². The van der Waals surface area contributed by atoms with Gasteiger partial charge in [-0.3, -0.25) is 0 Å². The van der Waals surface area contributed by atoms with Gasteiger partial charge in [0.25, 0.3) is 0 Å². The highest BCUT2D eigenvalue weighted by Gasteiger charge is 2.17. The maximum Gasteiger partial charge on any atom is 0.0462 e. The van der Waals surface area contributed by atoms with E-state index >= 15 is 0 Å². The molecular weight excluding hydrogens is 136 g/mol. The minimum Gasteiger partial charge on any atom is -0.160 e. The first kappa shape index (κ1) is 10.3. The Morgan fingerprint density at radius 2 is 1.45 bits per heavy atom. The fraction of sp³-hybridized carbons (Fsp3) is 0.778. The minimum atomic E-state index is 0.532. The molecule has 0 aliphatic carbocycles. The van der Waals surface area contributed by atoms with Crippen molar-refractivity contribution < 1.29 is 0 Å². The zero-order chi connectivity index (χ0) is 8.85. The van der Waals surface area contributed by atoms with Gasteiger partial charge in [-0.1, -0.05) is 20.8 Å². The van der Waals surface area contributed by atoms with E-state index in [-0.39, 0.29) is 0 Å². The average molecular weight is 154 g/mol. The lowest BCUT2D eigenvalue weighted by molar-refractivity contribution is 0.864. The largest absolute Gasteiger partial charge is 0.160 e. The standard InChI is InChI=1S/C7H12N2.C2H6/c1-4-7-5(2)8-9-6(7)3;1-2/h7H,4H2,1-3H3;1-2H3. The van der Waals surface area contributed by atoms with E-state index in [2.05, 4.69) is 17.1 Å². The van der Waals surface area contributed by atoms with Crippen molar-refractivity contribution in [2.45, 2.75) is 41.0 Å². The Morgan fingerprint density at radius 1 is 1.09 bits per heavy atom. The highest BCUT2D eigenvalue weighted by Crippen LogP contribution is 2.13. The first-order valence-electron chi connectivity index (χ1n) is 4.34. The summed E-state index contributed by atoms with van der Waals surface area (Å²) in [6.07, 6.45) is 1.13. The molecule has 11 heavy (non-hydrogen) atoms. The molecule has 0 N–H and O–H groups in total. The smallest absolute Gasteiger partial charge is 0.0462 e. The third-order valence-corrected chi connectivity index (χ3v) is 1.78. The van der Waals surface area contributed by atoms with Gasteiger partial charge in [0.2, 0.25) is 0 Å². The zero-order valence-corrected chi connectivity index (χ0v) is 8.18. The van der Waals surface area contributed by atoms with Crippen molar-refractivity contribution >= 4 is 11.4 Å². The lowest BCUT2D eigenvalue weighted by atomic mass is 9.98. The van der Waals surface area contributed by atoms with Gasteiger partial charge in [0, 0.05) is 17.3 Å². The van der Waals surface area contributed by atoms with Crippen LogP contribution >= 0.6 is 0 Å². The summed E-state index contributed by atoms with van der Waals surface area (Å²) < 4.78 is 0. The molecule has 0 bridgehead atoms. The first-order valence-corrected chi connectivity index (χ1v) is 4.34. The number of hydrogen-bond donors (Lipinski definition) is 0. The van der Waals surface area contributed by atoms with E-state index in [0.717, 1.165) is 17.8 Å². The molecule has 0 aromatic rings. The molecule has 2 nitrogen and oxygen atoms in total. The second-order valence-electron chi connectivity index (χ2n) is 2.44. The third kappa shape index (κ3) is 2.45. The minimum absolute atomic E-state index is 0.532. The highest BCUT2D eigenvalue weighted by atomic mass is 15.2. The average Bonchev–Trinajstić information content (AvgIpc) is 2.35. The van der Waals surface area contributed by atoms with Crippen LogP contribution in [0.25, 0.3) is 0 Å². The highest BCUT2D eigenvalue weighted by molar-refractivity contribution is 6.08. The van der Waals surface area contributed by atoms with Crippen molar-refractivity contribution in [1.29, 1.82) is 0 Å². The quantitative estimate of drug-likeness (QED) is 0.555. The van der Waals surface area contributed by atoms with Gasteiger partial charge in [0.15, 0.2) is 0 Å². The number of nitrogens with zero attached hydrogens (tertiary/aromatic N) is 2. The molecule has 1 rings (SSSR count). The lowest BCUT2D eigenvalue weighted by Crippen LogP contribution is -2.13. The Balaban J connectivity index is 0.000000461. The Kier molecular flexibility index (Phi) is 4.75. The summed E-state index contributed by atoms with van der Waals surface area (Å²) in [4.78, 5) is 0. The van der Waals surface area contributed by atoms with Crippen molar-refractivity contribution in [2.75, 3.05) is 0 Å². The number of rotatable bonds is 1. The van der Waals surface area contributed by atoms with Gasteiger partial charge in [-0.15, -0.1) is 0 Å². The Labute approximate surface area is 69.4 Å². The summed E-state index contributed by atoms with van der Waals surface area (Å²) in [5, 5.41) is 7.95. The van der Waals surface area contributed by atoms with Crippen LogP contribution in [0.4, 0.5) is 0 Å². The van der Waals surface area contributed by atoms with E-state index in [0.29, 0.717) is 5.92 Å². The summed E-state index contributed by atoms with van der Waals surface area (Å²) >= 11 is 0. The fourth-order valence-corrected chi connectivity index (χ4v) is 1.19. The van der Waals surface area contributed by atoms with Crippen LogP contribution in [0, 0.1) is 5.92 Å². The van der Waals surface area contributed by atoms with E-state index in [1.807, 2.05) is 27.7 Å². The fourth-order valence-electron chi connectivity index (χ4n) is 1.19. The zero-order valence-electron chi connectivity index (χ0n) is 8.18. The molecule has 0 fully saturated rings. The van der Waals surface area contributed by atoms with Crippen LogP contribution in [-0.4, -0.2) is 11.4 Å². The normalized spacial score (nSPS) is 16.8. The summed E-state index contributed by atoms with van der Waals surface area (Å²) in [6.45, 7) is 10.2. The van der Waals surface area contributed by atoms with Gasteiger partial charge in [-0.25, -0.2) is 0 Å².